The van der Waals surface area contributed by atoms with Crippen LogP contribution in [0.15, 0.2) is 53.4 Å². The van der Waals surface area contributed by atoms with E-state index in [0.717, 1.165) is 5.56 Å². The molecule has 0 fully saturated rings. The van der Waals surface area contributed by atoms with Crippen molar-refractivity contribution in [1.82, 2.24) is 5.32 Å². The first-order valence-electron chi connectivity index (χ1n) is 9.19. The summed E-state index contributed by atoms with van der Waals surface area (Å²) < 4.78 is 34.2. The van der Waals surface area contributed by atoms with Gasteiger partial charge in [0.15, 0.2) is 15.9 Å². The smallest absolute Gasteiger partial charge is 0.261 e. The van der Waals surface area contributed by atoms with E-state index in [1.54, 1.807) is 55.6 Å². The zero-order valence-corrected chi connectivity index (χ0v) is 17.5. The van der Waals surface area contributed by atoms with Crippen LogP contribution in [-0.2, 0) is 14.6 Å². The molecular weight excluding hydrogens is 378 g/mol. The van der Waals surface area contributed by atoms with Gasteiger partial charge in [0.05, 0.1) is 18.0 Å². The Hall–Kier alpha value is -2.54. The summed E-state index contributed by atoms with van der Waals surface area (Å²) in [7, 11) is -1.66. The number of hydrogen-bond donors (Lipinski definition) is 1. The molecule has 0 saturated heterocycles. The number of rotatable bonds is 9. The molecular formula is C21H27NO5S. The van der Waals surface area contributed by atoms with Crippen molar-refractivity contribution in [2.45, 2.75) is 43.7 Å². The molecule has 0 bridgehead atoms. The number of amides is 1. The van der Waals surface area contributed by atoms with Crippen LogP contribution in [0, 0.1) is 0 Å². The van der Waals surface area contributed by atoms with Crippen molar-refractivity contribution >= 4 is 15.7 Å². The van der Waals surface area contributed by atoms with Gasteiger partial charge in [0.25, 0.3) is 5.91 Å². The van der Waals surface area contributed by atoms with Crippen molar-refractivity contribution in [3.8, 4) is 11.5 Å². The molecule has 0 heterocycles. The Morgan fingerprint density at radius 1 is 0.964 bits per heavy atom. The van der Waals surface area contributed by atoms with Gasteiger partial charge in [0.1, 0.15) is 11.5 Å². The van der Waals surface area contributed by atoms with Gasteiger partial charge in [0, 0.05) is 6.26 Å². The Morgan fingerprint density at radius 3 is 2.00 bits per heavy atom. The first kappa shape index (κ1) is 21.8. The molecule has 0 aliphatic carbocycles. The number of carbonyl (C=O) groups is 1. The molecule has 0 aromatic heterocycles. The molecule has 2 aromatic carbocycles. The number of carbonyl (C=O) groups excluding carboxylic acids is 1. The van der Waals surface area contributed by atoms with E-state index in [-0.39, 0.29) is 16.8 Å². The van der Waals surface area contributed by atoms with Crippen LogP contribution < -0.4 is 14.8 Å². The van der Waals surface area contributed by atoms with Gasteiger partial charge in [0.2, 0.25) is 0 Å². The van der Waals surface area contributed by atoms with Crippen LogP contribution in [-0.4, -0.2) is 33.8 Å². The third-order valence-electron chi connectivity index (χ3n) is 4.44. The highest BCUT2D eigenvalue weighted by Gasteiger charge is 2.22. The molecule has 2 aromatic rings. The minimum absolute atomic E-state index is 0.211. The average Bonchev–Trinajstić information content (AvgIpc) is 2.70. The van der Waals surface area contributed by atoms with Crippen LogP contribution in [0.4, 0.5) is 0 Å². The normalized spacial score (nSPS) is 13.4. The maximum Gasteiger partial charge on any atom is 0.261 e. The van der Waals surface area contributed by atoms with Crippen LogP contribution in [0.1, 0.15) is 38.3 Å². The predicted octanol–water partition coefficient (Wildman–Crippen LogP) is 3.52. The molecule has 7 heteroatoms. The fraction of sp³-hybridized carbons (Fsp3) is 0.381. The highest BCUT2D eigenvalue weighted by atomic mass is 32.2. The van der Waals surface area contributed by atoms with E-state index < -0.39 is 15.9 Å². The van der Waals surface area contributed by atoms with Crippen molar-refractivity contribution < 1.29 is 22.7 Å². The molecule has 6 nitrogen and oxygen atoms in total. The molecule has 0 saturated carbocycles. The predicted molar refractivity (Wildman–Crippen MR) is 108 cm³/mol. The largest absolute Gasteiger partial charge is 0.497 e. The molecule has 0 spiro atoms. The third kappa shape index (κ3) is 5.73. The maximum absolute atomic E-state index is 12.7. The summed E-state index contributed by atoms with van der Waals surface area (Å²) in [6, 6.07) is 13.4. The van der Waals surface area contributed by atoms with Crippen LogP contribution >= 0.6 is 0 Å². The zero-order valence-electron chi connectivity index (χ0n) is 16.6. The fourth-order valence-electron chi connectivity index (χ4n) is 2.77. The second-order valence-corrected chi connectivity index (χ2v) is 8.52. The number of ether oxygens (including phenoxy) is 2. The summed E-state index contributed by atoms with van der Waals surface area (Å²) in [5.74, 6) is 1.10. The molecule has 152 valence electrons. The van der Waals surface area contributed by atoms with Gasteiger partial charge in [-0.05, 0) is 54.8 Å². The molecule has 0 radical (unpaired) electrons. The lowest BCUT2D eigenvalue weighted by Gasteiger charge is -2.22. The molecule has 28 heavy (non-hydrogen) atoms. The van der Waals surface area contributed by atoms with Crippen LogP contribution in [0.3, 0.4) is 0 Å². The van der Waals surface area contributed by atoms with Gasteiger partial charge >= 0.3 is 0 Å². The topological polar surface area (TPSA) is 81.7 Å². The van der Waals surface area contributed by atoms with E-state index in [2.05, 4.69) is 5.32 Å². The summed E-state index contributed by atoms with van der Waals surface area (Å²) in [5, 5.41) is 3.00. The monoisotopic (exact) mass is 405 g/mol. The highest BCUT2D eigenvalue weighted by molar-refractivity contribution is 7.90. The Morgan fingerprint density at radius 2 is 1.54 bits per heavy atom. The molecule has 0 aliphatic rings. The summed E-state index contributed by atoms with van der Waals surface area (Å²) >= 11 is 0. The zero-order chi connectivity index (χ0) is 20.7. The standard InChI is InChI=1S/C21H27NO5S/c1-5-19(15-7-13-18(14-8-15)28(4,24)25)22-21(23)20(6-2)27-17-11-9-16(26-3)10-12-17/h7-14,19-20H,5-6H2,1-4H3,(H,22,23)/t19-,20-/m1/s1. The second kappa shape index (κ2) is 9.59. The van der Waals surface area contributed by atoms with Crippen molar-refractivity contribution in [3.63, 3.8) is 0 Å². The highest BCUT2D eigenvalue weighted by Crippen LogP contribution is 2.22. The van der Waals surface area contributed by atoms with E-state index in [1.165, 1.54) is 6.26 Å². The molecule has 2 rings (SSSR count). The Balaban J connectivity index is 2.07. The van der Waals surface area contributed by atoms with Gasteiger partial charge < -0.3 is 14.8 Å². The lowest BCUT2D eigenvalue weighted by molar-refractivity contribution is -0.128. The molecule has 1 N–H and O–H groups in total. The van der Waals surface area contributed by atoms with Crippen LogP contribution in [0.5, 0.6) is 11.5 Å². The quantitative estimate of drug-likeness (QED) is 0.690. The lowest BCUT2D eigenvalue weighted by Crippen LogP contribution is -2.39. The van der Waals surface area contributed by atoms with Gasteiger partial charge in [-0.2, -0.15) is 0 Å². The van der Waals surface area contributed by atoms with Gasteiger partial charge in [-0.25, -0.2) is 8.42 Å². The Kier molecular flexibility index (Phi) is 7.45. The van der Waals surface area contributed by atoms with E-state index in [0.29, 0.717) is 24.3 Å². The summed E-state index contributed by atoms with van der Waals surface area (Å²) in [6.45, 7) is 3.84. The molecule has 2 atom stereocenters. The second-order valence-electron chi connectivity index (χ2n) is 6.50. The van der Waals surface area contributed by atoms with Crippen molar-refractivity contribution in [3.05, 3.63) is 54.1 Å². The number of hydrogen-bond acceptors (Lipinski definition) is 5. The summed E-state index contributed by atoms with van der Waals surface area (Å²) in [4.78, 5) is 13.0. The number of sulfone groups is 1. The van der Waals surface area contributed by atoms with Crippen LogP contribution in [0.25, 0.3) is 0 Å². The summed E-state index contributed by atoms with van der Waals surface area (Å²) in [5.41, 5.74) is 0.850. The van der Waals surface area contributed by atoms with E-state index in [1.807, 2.05) is 13.8 Å². The van der Waals surface area contributed by atoms with Gasteiger partial charge in [-0.15, -0.1) is 0 Å². The van der Waals surface area contributed by atoms with E-state index in [9.17, 15) is 13.2 Å². The third-order valence-corrected chi connectivity index (χ3v) is 5.56. The number of benzene rings is 2. The maximum atomic E-state index is 12.7. The SMILES string of the molecule is CC[C@@H](Oc1ccc(OC)cc1)C(=O)N[C@H](CC)c1ccc(S(C)(=O)=O)cc1. The Labute approximate surface area is 166 Å². The average molecular weight is 406 g/mol. The first-order chi connectivity index (χ1) is 13.3. The van der Waals surface area contributed by atoms with E-state index >= 15 is 0 Å². The van der Waals surface area contributed by atoms with Crippen molar-refractivity contribution in [2.24, 2.45) is 0 Å². The minimum Gasteiger partial charge on any atom is -0.497 e. The molecule has 0 unspecified atom stereocenters. The van der Waals surface area contributed by atoms with Crippen LogP contribution in [0.2, 0.25) is 0 Å². The Bertz CT molecular complexity index is 876. The lowest BCUT2D eigenvalue weighted by atomic mass is 10.0. The molecule has 1 amide bonds. The fourth-order valence-corrected chi connectivity index (χ4v) is 3.40. The number of nitrogens with one attached hydrogen (secondary N) is 1. The van der Waals surface area contributed by atoms with E-state index in [4.69, 9.17) is 9.47 Å². The minimum atomic E-state index is -3.25. The van der Waals surface area contributed by atoms with Crippen molar-refractivity contribution in [1.29, 1.82) is 0 Å². The van der Waals surface area contributed by atoms with Gasteiger partial charge in [-0.1, -0.05) is 26.0 Å². The number of methoxy groups -OCH3 is 1. The van der Waals surface area contributed by atoms with Crippen molar-refractivity contribution in [2.75, 3.05) is 13.4 Å². The summed E-state index contributed by atoms with van der Waals surface area (Å²) in [6.07, 6.45) is 1.73. The van der Waals surface area contributed by atoms with Gasteiger partial charge in [-0.3, -0.25) is 4.79 Å². The molecule has 0 aliphatic heterocycles. The first-order valence-corrected chi connectivity index (χ1v) is 11.1.